The smallest absolute Gasteiger partial charge is 0.239 e. The maximum absolute atomic E-state index is 5.81. The lowest BCUT2D eigenvalue weighted by Gasteiger charge is -2.12. The first-order valence-electron chi connectivity index (χ1n) is 5.87. The highest BCUT2D eigenvalue weighted by Gasteiger charge is 2.08. The zero-order valence-corrected chi connectivity index (χ0v) is 10.9. The van der Waals surface area contributed by atoms with Crippen LogP contribution in [0.1, 0.15) is 22.3 Å². The summed E-state index contributed by atoms with van der Waals surface area (Å²) < 4.78 is 5.81. The predicted octanol–water partition coefficient (Wildman–Crippen LogP) is 2.65. The van der Waals surface area contributed by atoms with E-state index in [0.29, 0.717) is 12.4 Å². The Bertz CT molecular complexity index is 544. The third-order valence-electron chi connectivity index (χ3n) is 2.73. The lowest BCUT2D eigenvalue weighted by molar-refractivity contribution is 0.447. The van der Waals surface area contributed by atoms with Gasteiger partial charge in [-0.15, -0.1) is 5.10 Å². The average molecular weight is 243 g/mol. The maximum atomic E-state index is 5.81. The van der Waals surface area contributed by atoms with Gasteiger partial charge in [-0.3, -0.25) is 0 Å². The third-order valence-corrected chi connectivity index (χ3v) is 2.73. The van der Waals surface area contributed by atoms with Gasteiger partial charge in [-0.1, -0.05) is 12.1 Å². The Morgan fingerprint density at radius 3 is 2.33 bits per heavy atom. The zero-order valence-electron chi connectivity index (χ0n) is 10.9. The molecule has 0 unspecified atom stereocenters. The Hall–Kier alpha value is -1.94. The molecule has 94 valence electrons. The van der Waals surface area contributed by atoms with Crippen LogP contribution in [-0.2, 0) is 6.54 Å². The summed E-state index contributed by atoms with van der Waals surface area (Å²) in [5.74, 6) is 1.34. The number of benzene rings is 1. The fourth-order valence-electron chi connectivity index (χ4n) is 1.91. The molecule has 0 spiro atoms. The lowest BCUT2D eigenvalue weighted by atomic mass is 10.1. The lowest BCUT2D eigenvalue weighted by Crippen LogP contribution is -2.00. The molecule has 0 amide bonds. The van der Waals surface area contributed by atoms with E-state index < -0.39 is 0 Å². The van der Waals surface area contributed by atoms with Crippen molar-refractivity contribution in [2.75, 3.05) is 0 Å². The molecule has 0 radical (unpaired) electrons. The van der Waals surface area contributed by atoms with Crippen molar-refractivity contribution in [3.63, 3.8) is 0 Å². The SMILES string of the molecule is Cc1cnnc(Oc2c(C)cc(CN)cc2C)c1. The van der Waals surface area contributed by atoms with Crippen LogP contribution in [0.3, 0.4) is 0 Å². The predicted molar refractivity (Wildman–Crippen MR) is 70.7 cm³/mol. The minimum Gasteiger partial charge on any atom is -0.437 e. The minimum absolute atomic E-state index is 0.515. The molecule has 0 saturated heterocycles. The Morgan fingerprint density at radius 1 is 1.11 bits per heavy atom. The molecule has 0 fully saturated rings. The van der Waals surface area contributed by atoms with E-state index in [0.717, 1.165) is 28.0 Å². The van der Waals surface area contributed by atoms with Crippen molar-refractivity contribution in [1.29, 1.82) is 0 Å². The second kappa shape index (κ2) is 5.14. The van der Waals surface area contributed by atoms with E-state index in [1.807, 2.05) is 39.0 Å². The van der Waals surface area contributed by atoms with Crippen LogP contribution in [0.25, 0.3) is 0 Å². The standard InChI is InChI=1S/C14H17N3O/c1-9-4-13(17-16-8-9)18-14-10(2)5-12(7-15)6-11(14)3/h4-6,8H,7,15H2,1-3H3. The summed E-state index contributed by atoms with van der Waals surface area (Å²) in [6.07, 6.45) is 1.70. The monoisotopic (exact) mass is 243 g/mol. The van der Waals surface area contributed by atoms with Gasteiger partial charge in [0.2, 0.25) is 5.88 Å². The number of nitrogens with zero attached hydrogens (tertiary/aromatic N) is 2. The van der Waals surface area contributed by atoms with Gasteiger partial charge in [0.1, 0.15) is 5.75 Å². The quantitative estimate of drug-likeness (QED) is 0.900. The Labute approximate surface area is 107 Å². The molecule has 0 aliphatic carbocycles. The molecule has 4 nitrogen and oxygen atoms in total. The van der Waals surface area contributed by atoms with Crippen molar-refractivity contribution >= 4 is 0 Å². The van der Waals surface area contributed by atoms with Gasteiger partial charge in [-0.2, -0.15) is 5.10 Å². The van der Waals surface area contributed by atoms with Gasteiger partial charge in [0.25, 0.3) is 0 Å². The first-order chi connectivity index (χ1) is 8.60. The van der Waals surface area contributed by atoms with Gasteiger partial charge in [0.05, 0.1) is 6.20 Å². The molecule has 1 aromatic carbocycles. The van der Waals surface area contributed by atoms with Crippen molar-refractivity contribution in [2.24, 2.45) is 5.73 Å². The highest BCUT2D eigenvalue weighted by Crippen LogP contribution is 2.28. The first kappa shape index (κ1) is 12.5. The van der Waals surface area contributed by atoms with Crippen molar-refractivity contribution in [3.05, 3.63) is 46.6 Å². The Morgan fingerprint density at radius 2 is 1.78 bits per heavy atom. The van der Waals surface area contributed by atoms with Gasteiger partial charge < -0.3 is 10.5 Å². The fourth-order valence-corrected chi connectivity index (χ4v) is 1.91. The van der Waals surface area contributed by atoms with Crippen LogP contribution >= 0.6 is 0 Å². The molecular formula is C14H17N3O. The number of nitrogens with two attached hydrogens (primary N) is 1. The summed E-state index contributed by atoms with van der Waals surface area (Å²) in [6, 6.07) is 5.93. The molecular weight excluding hydrogens is 226 g/mol. The van der Waals surface area contributed by atoms with Gasteiger partial charge in [-0.25, -0.2) is 0 Å². The molecule has 1 aromatic heterocycles. The van der Waals surface area contributed by atoms with E-state index in [2.05, 4.69) is 10.2 Å². The van der Waals surface area contributed by atoms with Gasteiger partial charge in [0, 0.05) is 12.6 Å². The average Bonchev–Trinajstić information content (AvgIpc) is 2.33. The Kier molecular flexibility index (Phi) is 3.58. The molecule has 1 heterocycles. The minimum atomic E-state index is 0.515. The molecule has 2 rings (SSSR count). The molecule has 2 aromatic rings. The number of hydrogen-bond donors (Lipinski definition) is 1. The number of hydrogen-bond acceptors (Lipinski definition) is 4. The van der Waals surface area contributed by atoms with E-state index in [-0.39, 0.29) is 0 Å². The molecule has 2 N–H and O–H groups in total. The summed E-state index contributed by atoms with van der Waals surface area (Å²) in [5.41, 5.74) is 9.88. The fraction of sp³-hybridized carbons (Fsp3) is 0.286. The highest BCUT2D eigenvalue weighted by atomic mass is 16.5. The molecule has 0 aliphatic rings. The van der Waals surface area contributed by atoms with E-state index in [4.69, 9.17) is 10.5 Å². The first-order valence-corrected chi connectivity index (χ1v) is 5.87. The summed E-state index contributed by atoms with van der Waals surface area (Å²) in [6.45, 7) is 6.50. The summed E-state index contributed by atoms with van der Waals surface area (Å²) >= 11 is 0. The second-order valence-corrected chi connectivity index (χ2v) is 4.44. The van der Waals surface area contributed by atoms with Crippen molar-refractivity contribution in [1.82, 2.24) is 10.2 Å². The van der Waals surface area contributed by atoms with Gasteiger partial charge >= 0.3 is 0 Å². The molecule has 4 heteroatoms. The summed E-state index contributed by atoms with van der Waals surface area (Å²) in [5, 5.41) is 7.84. The van der Waals surface area contributed by atoms with Crippen molar-refractivity contribution < 1.29 is 4.74 Å². The maximum Gasteiger partial charge on any atom is 0.239 e. The topological polar surface area (TPSA) is 61.0 Å². The van der Waals surface area contributed by atoms with Crippen LogP contribution in [0.15, 0.2) is 24.4 Å². The van der Waals surface area contributed by atoms with Crippen LogP contribution in [0.4, 0.5) is 0 Å². The van der Waals surface area contributed by atoms with Crippen LogP contribution in [0, 0.1) is 20.8 Å². The zero-order chi connectivity index (χ0) is 13.1. The number of aromatic nitrogens is 2. The number of rotatable bonds is 3. The van der Waals surface area contributed by atoms with Crippen LogP contribution < -0.4 is 10.5 Å². The van der Waals surface area contributed by atoms with E-state index in [1.54, 1.807) is 6.20 Å². The van der Waals surface area contributed by atoms with E-state index in [1.165, 1.54) is 0 Å². The summed E-state index contributed by atoms with van der Waals surface area (Å²) in [4.78, 5) is 0. The van der Waals surface area contributed by atoms with E-state index >= 15 is 0 Å². The van der Waals surface area contributed by atoms with Crippen LogP contribution in [0.5, 0.6) is 11.6 Å². The number of ether oxygens (including phenoxy) is 1. The van der Waals surface area contributed by atoms with Gasteiger partial charge in [0.15, 0.2) is 0 Å². The molecule has 0 aliphatic heterocycles. The third kappa shape index (κ3) is 2.65. The molecule has 0 saturated carbocycles. The van der Waals surface area contributed by atoms with Crippen molar-refractivity contribution in [3.8, 4) is 11.6 Å². The van der Waals surface area contributed by atoms with E-state index in [9.17, 15) is 0 Å². The summed E-state index contributed by atoms with van der Waals surface area (Å²) in [7, 11) is 0. The van der Waals surface area contributed by atoms with Crippen LogP contribution in [-0.4, -0.2) is 10.2 Å². The van der Waals surface area contributed by atoms with Crippen molar-refractivity contribution in [2.45, 2.75) is 27.3 Å². The largest absolute Gasteiger partial charge is 0.437 e. The molecule has 0 atom stereocenters. The Balaban J connectivity index is 2.35. The second-order valence-electron chi connectivity index (χ2n) is 4.44. The normalized spacial score (nSPS) is 10.4. The number of aryl methyl sites for hydroxylation is 3. The van der Waals surface area contributed by atoms with Crippen LogP contribution in [0.2, 0.25) is 0 Å². The molecule has 0 bridgehead atoms. The molecule has 18 heavy (non-hydrogen) atoms. The van der Waals surface area contributed by atoms with Gasteiger partial charge in [-0.05, 0) is 43.0 Å². The highest BCUT2D eigenvalue weighted by molar-refractivity contribution is 5.45.